The van der Waals surface area contributed by atoms with Gasteiger partial charge in [0.2, 0.25) is 0 Å². The van der Waals surface area contributed by atoms with E-state index in [-0.39, 0.29) is 0 Å². The molecule has 0 amide bonds. The molecule has 5 heteroatoms. The van der Waals surface area contributed by atoms with Gasteiger partial charge in [0.05, 0.1) is 6.54 Å². The molecule has 0 aliphatic carbocycles. The predicted octanol–water partition coefficient (Wildman–Crippen LogP) is 1.98. The Morgan fingerprint density at radius 3 is 2.94 bits per heavy atom. The Balaban J connectivity index is 2.57. The molecule has 92 valence electrons. The first-order valence-electron chi connectivity index (χ1n) is 5.49. The van der Waals surface area contributed by atoms with Crippen LogP contribution in [0.1, 0.15) is 12.5 Å². The molecule has 0 bridgehead atoms. The summed E-state index contributed by atoms with van der Waals surface area (Å²) in [7, 11) is 0. The van der Waals surface area contributed by atoms with Crippen LogP contribution >= 0.6 is 11.6 Å². The normalized spacial score (nSPS) is 11.1. The number of aromatic nitrogens is 1. The standard InChI is InChI=1S/C12H17ClN4/c1-3-7-15-12(14-4-2)17-9-10-5-6-11(13)16-8-10/h3,5-6,8H,1,4,7,9H2,2H3,(H2,14,15,17). The van der Waals surface area contributed by atoms with Crippen LogP contribution in [0.4, 0.5) is 0 Å². The van der Waals surface area contributed by atoms with Gasteiger partial charge in [-0.3, -0.25) is 0 Å². The summed E-state index contributed by atoms with van der Waals surface area (Å²) in [6.45, 7) is 7.75. The number of rotatable bonds is 5. The maximum absolute atomic E-state index is 5.71. The molecule has 1 heterocycles. The number of nitrogens with one attached hydrogen (secondary N) is 2. The minimum atomic E-state index is 0.495. The van der Waals surface area contributed by atoms with Crippen molar-refractivity contribution < 1.29 is 0 Å². The molecule has 0 radical (unpaired) electrons. The lowest BCUT2D eigenvalue weighted by Crippen LogP contribution is -2.37. The van der Waals surface area contributed by atoms with Crippen molar-refractivity contribution in [2.24, 2.45) is 4.99 Å². The van der Waals surface area contributed by atoms with E-state index in [1.165, 1.54) is 0 Å². The van der Waals surface area contributed by atoms with Gasteiger partial charge < -0.3 is 10.6 Å². The van der Waals surface area contributed by atoms with Gasteiger partial charge in [-0.05, 0) is 18.6 Å². The maximum atomic E-state index is 5.71. The lowest BCUT2D eigenvalue weighted by molar-refractivity contribution is 0.859. The highest BCUT2D eigenvalue weighted by Crippen LogP contribution is 2.05. The van der Waals surface area contributed by atoms with Crippen molar-refractivity contribution in [2.75, 3.05) is 13.1 Å². The zero-order valence-electron chi connectivity index (χ0n) is 9.91. The van der Waals surface area contributed by atoms with Gasteiger partial charge in [-0.2, -0.15) is 0 Å². The summed E-state index contributed by atoms with van der Waals surface area (Å²) in [5, 5.41) is 6.76. The first-order valence-corrected chi connectivity index (χ1v) is 5.87. The first kappa shape index (κ1) is 13.5. The molecular formula is C12H17ClN4. The van der Waals surface area contributed by atoms with E-state index >= 15 is 0 Å². The third-order valence-electron chi connectivity index (χ3n) is 1.97. The highest BCUT2D eigenvalue weighted by atomic mass is 35.5. The molecule has 0 aliphatic heterocycles. The Hall–Kier alpha value is -1.55. The fourth-order valence-corrected chi connectivity index (χ4v) is 1.29. The van der Waals surface area contributed by atoms with Gasteiger partial charge in [-0.15, -0.1) is 6.58 Å². The van der Waals surface area contributed by atoms with E-state index in [4.69, 9.17) is 11.6 Å². The van der Waals surface area contributed by atoms with Crippen LogP contribution in [0.5, 0.6) is 0 Å². The van der Waals surface area contributed by atoms with E-state index in [0.717, 1.165) is 18.1 Å². The van der Waals surface area contributed by atoms with E-state index in [1.54, 1.807) is 18.3 Å². The highest BCUT2D eigenvalue weighted by molar-refractivity contribution is 6.29. The van der Waals surface area contributed by atoms with Crippen LogP contribution in [0.2, 0.25) is 5.15 Å². The van der Waals surface area contributed by atoms with Crippen molar-refractivity contribution >= 4 is 17.6 Å². The Kier molecular flexibility index (Phi) is 6.10. The first-order chi connectivity index (χ1) is 8.26. The van der Waals surface area contributed by atoms with Gasteiger partial charge in [0, 0.05) is 19.3 Å². The molecule has 0 saturated carbocycles. The molecule has 0 saturated heterocycles. The second-order valence-electron chi connectivity index (χ2n) is 3.35. The van der Waals surface area contributed by atoms with Gasteiger partial charge in [-0.25, -0.2) is 9.98 Å². The number of nitrogens with zero attached hydrogens (tertiary/aromatic N) is 2. The van der Waals surface area contributed by atoms with Crippen molar-refractivity contribution in [1.82, 2.24) is 15.6 Å². The lowest BCUT2D eigenvalue weighted by atomic mass is 10.3. The van der Waals surface area contributed by atoms with Crippen LogP contribution in [0, 0.1) is 0 Å². The Bertz CT molecular complexity index is 373. The largest absolute Gasteiger partial charge is 0.357 e. The molecule has 0 spiro atoms. The number of hydrogen-bond donors (Lipinski definition) is 2. The van der Waals surface area contributed by atoms with E-state index in [9.17, 15) is 0 Å². The average molecular weight is 253 g/mol. The average Bonchev–Trinajstić information content (AvgIpc) is 2.35. The Morgan fingerprint density at radius 1 is 1.53 bits per heavy atom. The molecule has 1 aromatic heterocycles. The molecule has 0 aliphatic rings. The second kappa shape index (κ2) is 7.68. The van der Waals surface area contributed by atoms with Crippen molar-refractivity contribution in [3.8, 4) is 0 Å². The van der Waals surface area contributed by atoms with Crippen molar-refractivity contribution in [3.63, 3.8) is 0 Å². The van der Waals surface area contributed by atoms with Gasteiger partial charge in [-0.1, -0.05) is 23.7 Å². The second-order valence-corrected chi connectivity index (χ2v) is 3.74. The van der Waals surface area contributed by atoms with Crippen LogP contribution in [-0.2, 0) is 6.54 Å². The van der Waals surface area contributed by atoms with Crippen LogP contribution < -0.4 is 10.6 Å². The van der Waals surface area contributed by atoms with Crippen LogP contribution in [0.15, 0.2) is 36.0 Å². The van der Waals surface area contributed by atoms with Gasteiger partial charge in [0.15, 0.2) is 5.96 Å². The summed E-state index contributed by atoms with van der Waals surface area (Å²) in [5.74, 6) is 0.766. The van der Waals surface area contributed by atoms with Crippen LogP contribution in [0.3, 0.4) is 0 Å². The molecule has 0 fully saturated rings. The quantitative estimate of drug-likeness (QED) is 0.365. The minimum absolute atomic E-state index is 0.495. The van der Waals surface area contributed by atoms with Gasteiger partial charge in [0.25, 0.3) is 0 Å². The minimum Gasteiger partial charge on any atom is -0.357 e. The van der Waals surface area contributed by atoms with Gasteiger partial charge in [0.1, 0.15) is 5.15 Å². The molecular weight excluding hydrogens is 236 g/mol. The SMILES string of the molecule is C=CCNC(=NCc1ccc(Cl)nc1)NCC. The topological polar surface area (TPSA) is 49.3 Å². The zero-order valence-corrected chi connectivity index (χ0v) is 10.7. The molecule has 0 atom stereocenters. The number of guanidine groups is 1. The summed E-state index contributed by atoms with van der Waals surface area (Å²) < 4.78 is 0. The summed E-state index contributed by atoms with van der Waals surface area (Å²) >= 11 is 5.71. The molecule has 4 nitrogen and oxygen atoms in total. The molecule has 1 aromatic rings. The zero-order chi connectivity index (χ0) is 12.5. The van der Waals surface area contributed by atoms with Crippen LogP contribution in [0.25, 0.3) is 0 Å². The Labute approximate surface area is 107 Å². The summed E-state index contributed by atoms with van der Waals surface area (Å²) in [6, 6.07) is 3.67. The van der Waals surface area contributed by atoms with E-state index in [0.29, 0.717) is 18.2 Å². The fourth-order valence-electron chi connectivity index (χ4n) is 1.18. The smallest absolute Gasteiger partial charge is 0.191 e. The summed E-state index contributed by atoms with van der Waals surface area (Å²) in [6.07, 6.45) is 3.51. The Morgan fingerprint density at radius 2 is 2.35 bits per heavy atom. The summed E-state index contributed by atoms with van der Waals surface area (Å²) in [5.41, 5.74) is 1.02. The van der Waals surface area contributed by atoms with Crippen LogP contribution in [-0.4, -0.2) is 24.0 Å². The summed E-state index contributed by atoms with van der Waals surface area (Å²) in [4.78, 5) is 8.42. The number of hydrogen-bond acceptors (Lipinski definition) is 2. The monoisotopic (exact) mass is 252 g/mol. The van der Waals surface area contributed by atoms with E-state index < -0.39 is 0 Å². The third kappa shape index (κ3) is 5.36. The molecule has 1 rings (SSSR count). The molecule has 2 N–H and O–H groups in total. The molecule has 17 heavy (non-hydrogen) atoms. The molecule has 0 unspecified atom stereocenters. The highest BCUT2D eigenvalue weighted by Gasteiger charge is 1.96. The van der Waals surface area contributed by atoms with Crippen molar-refractivity contribution in [3.05, 3.63) is 41.7 Å². The third-order valence-corrected chi connectivity index (χ3v) is 2.19. The predicted molar refractivity (Wildman–Crippen MR) is 72.3 cm³/mol. The number of pyridine rings is 1. The molecule has 0 aromatic carbocycles. The lowest BCUT2D eigenvalue weighted by Gasteiger charge is -2.09. The van der Waals surface area contributed by atoms with Crippen molar-refractivity contribution in [2.45, 2.75) is 13.5 Å². The van der Waals surface area contributed by atoms with Crippen molar-refractivity contribution in [1.29, 1.82) is 0 Å². The maximum Gasteiger partial charge on any atom is 0.191 e. The van der Waals surface area contributed by atoms with E-state index in [1.807, 2.05) is 13.0 Å². The fraction of sp³-hybridized carbons (Fsp3) is 0.333. The van der Waals surface area contributed by atoms with E-state index in [2.05, 4.69) is 27.2 Å². The van der Waals surface area contributed by atoms with Gasteiger partial charge >= 0.3 is 0 Å². The number of halogens is 1. The number of aliphatic imine (C=N–C) groups is 1.